The number of carbonyl (C=O) groups is 1. The van der Waals surface area contributed by atoms with Gasteiger partial charge in [-0.05, 0) is 56.0 Å². The molecule has 122 valence electrons. The van der Waals surface area contributed by atoms with Crippen molar-refractivity contribution < 1.29 is 13.9 Å². The number of hydrogen-bond donors (Lipinski definition) is 1. The molecule has 0 fully saturated rings. The van der Waals surface area contributed by atoms with Gasteiger partial charge in [0.2, 0.25) is 5.91 Å². The van der Waals surface area contributed by atoms with Gasteiger partial charge in [0, 0.05) is 12.0 Å². The van der Waals surface area contributed by atoms with Crippen molar-refractivity contribution in [2.45, 2.75) is 45.6 Å². The summed E-state index contributed by atoms with van der Waals surface area (Å²) in [6.07, 6.45) is 5.04. The van der Waals surface area contributed by atoms with Crippen molar-refractivity contribution in [3.63, 3.8) is 0 Å². The normalized spacial score (nSPS) is 16.7. The molecule has 0 radical (unpaired) electrons. The molecule has 1 unspecified atom stereocenters. The lowest BCUT2D eigenvalue weighted by Crippen LogP contribution is -2.31. The Balaban J connectivity index is 1.49. The number of hydrogen-bond acceptors (Lipinski definition) is 3. The van der Waals surface area contributed by atoms with E-state index in [9.17, 15) is 4.79 Å². The zero-order chi connectivity index (χ0) is 16.2. The highest BCUT2D eigenvalue weighted by Crippen LogP contribution is 2.30. The van der Waals surface area contributed by atoms with E-state index in [0.29, 0.717) is 13.0 Å². The second kappa shape index (κ2) is 6.90. The summed E-state index contributed by atoms with van der Waals surface area (Å²) in [4.78, 5) is 12.1. The van der Waals surface area contributed by atoms with Crippen LogP contribution in [0.4, 0.5) is 0 Å². The largest absolute Gasteiger partial charge is 0.493 e. The summed E-state index contributed by atoms with van der Waals surface area (Å²) < 4.78 is 11.2. The summed E-state index contributed by atoms with van der Waals surface area (Å²) in [7, 11) is 0. The van der Waals surface area contributed by atoms with Crippen LogP contribution in [0.2, 0.25) is 0 Å². The van der Waals surface area contributed by atoms with Crippen molar-refractivity contribution >= 4 is 5.91 Å². The Morgan fingerprint density at radius 3 is 2.87 bits per heavy atom. The minimum Gasteiger partial charge on any atom is -0.493 e. The molecule has 1 atom stereocenters. The van der Waals surface area contributed by atoms with Crippen molar-refractivity contribution in [1.29, 1.82) is 0 Å². The molecular weight excluding hydrogens is 290 g/mol. The first kappa shape index (κ1) is 15.7. The Bertz CT molecular complexity index is 669. The van der Waals surface area contributed by atoms with Gasteiger partial charge >= 0.3 is 0 Å². The maximum absolute atomic E-state index is 12.1. The molecule has 0 saturated carbocycles. The fraction of sp³-hybridized carbons (Fsp3) is 0.421. The predicted molar refractivity (Wildman–Crippen MR) is 88.6 cm³/mol. The Morgan fingerprint density at radius 2 is 2.09 bits per heavy atom. The standard InChI is InChI=1S/C19H23NO3/c1-13-10-14(2)12-15(11-13)22-9-7-19(21)20-17-4-3-5-18-16(17)6-8-23-18/h6,8,10-12,17H,3-5,7,9H2,1-2H3,(H,20,21). The molecule has 1 aliphatic rings. The SMILES string of the molecule is Cc1cc(C)cc(OCCC(=O)NC2CCCc3occc32)c1. The van der Waals surface area contributed by atoms with Gasteiger partial charge in [-0.3, -0.25) is 4.79 Å². The Morgan fingerprint density at radius 1 is 1.30 bits per heavy atom. The molecule has 0 aliphatic heterocycles. The minimum absolute atomic E-state index is 0.0217. The number of nitrogens with one attached hydrogen (secondary N) is 1. The molecule has 1 amide bonds. The van der Waals surface area contributed by atoms with Gasteiger partial charge in [0.1, 0.15) is 11.5 Å². The number of aryl methyl sites for hydroxylation is 3. The first-order valence-electron chi connectivity index (χ1n) is 8.18. The molecule has 1 aliphatic carbocycles. The molecular formula is C19H23NO3. The fourth-order valence-corrected chi connectivity index (χ4v) is 3.18. The summed E-state index contributed by atoms with van der Waals surface area (Å²) in [6, 6.07) is 8.12. The number of benzene rings is 1. The average Bonchev–Trinajstić information content (AvgIpc) is 2.96. The second-order valence-electron chi connectivity index (χ2n) is 6.23. The molecule has 1 aromatic heterocycles. The lowest BCUT2D eigenvalue weighted by atomic mass is 9.93. The molecule has 1 N–H and O–H groups in total. The van der Waals surface area contributed by atoms with E-state index in [1.165, 1.54) is 11.1 Å². The highest BCUT2D eigenvalue weighted by atomic mass is 16.5. The number of amides is 1. The van der Waals surface area contributed by atoms with Crippen molar-refractivity contribution in [2.24, 2.45) is 0 Å². The topological polar surface area (TPSA) is 51.5 Å². The molecule has 23 heavy (non-hydrogen) atoms. The molecule has 2 aromatic rings. The Labute approximate surface area is 136 Å². The van der Waals surface area contributed by atoms with Crippen molar-refractivity contribution in [1.82, 2.24) is 5.32 Å². The van der Waals surface area contributed by atoms with Gasteiger partial charge in [-0.2, -0.15) is 0 Å². The van der Waals surface area contributed by atoms with Crippen LogP contribution in [0.15, 0.2) is 34.9 Å². The van der Waals surface area contributed by atoms with Gasteiger partial charge in [0.15, 0.2) is 0 Å². The van der Waals surface area contributed by atoms with E-state index < -0.39 is 0 Å². The van der Waals surface area contributed by atoms with Gasteiger partial charge in [0.05, 0.1) is 25.3 Å². The first-order valence-corrected chi connectivity index (χ1v) is 8.18. The van der Waals surface area contributed by atoms with Crippen LogP contribution in [0.1, 0.15) is 47.8 Å². The lowest BCUT2D eigenvalue weighted by molar-refractivity contribution is -0.122. The van der Waals surface area contributed by atoms with E-state index in [4.69, 9.17) is 9.15 Å². The minimum atomic E-state index is 0.0217. The third-order valence-electron chi connectivity index (χ3n) is 4.18. The van der Waals surface area contributed by atoms with Crippen molar-refractivity contribution in [3.8, 4) is 5.75 Å². The van der Waals surface area contributed by atoms with E-state index in [1.54, 1.807) is 6.26 Å². The molecule has 0 bridgehead atoms. The van der Waals surface area contributed by atoms with Gasteiger partial charge in [0.25, 0.3) is 0 Å². The zero-order valence-electron chi connectivity index (χ0n) is 13.7. The van der Waals surface area contributed by atoms with E-state index >= 15 is 0 Å². The van der Waals surface area contributed by atoms with Crippen LogP contribution in [0.25, 0.3) is 0 Å². The molecule has 3 rings (SSSR count). The lowest BCUT2D eigenvalue weighted by Gasteiger charge is -2.22. The Hall–Kier alpha value is -2.23. The van der Waals surface area contributed by atoms with Crippen LogP contribution in [0.3, 0.4) is 0 Å². The van der Waals surface area contributed by atoms with E-state index in [0.717, 1.165) is 36.3 Å². The quantitative estimate of drug-likeness (QED) is 0.912. The molecule has 4 nitrogen and oxygen atoms in total. The number of furan rings is 1. The summed E-state index contributed by atoms with van der Waals surface area (Å²) in [5.41, 5.74) is 3.46. The van der Waals surface area contributed by atoms with Gasteiger partial charge < -0.3 is 14.5 Å². The van der Waals surface area contributed by atoms with E-state index in [2.05, 4.69) is 11.4 Å². The number of fused-ring (bicyclic) bond motifs is 1. The fourth-order valence-electron chi connectivity index (χ4n) is 3.18. The van der Waals surface area contributed by atoms with Gasteiger partial charge in [-0.1, -0.05) is 6.07 Å². The monoisotopic (exact) mass is 313 g/mol. The van der Waals surface area contributed by atoms with Crippen molar-refractivity contribution in [2.75, 3.05) is 6.61 Å². The van der Waals surface area contributed by atoms with Crippen LogP contribution in [0, 0.1) is 13.8 Å². The van der Waals surface area contributed by atoms with Crippen LogP contribution < -0.4 is 10.1 Å². The summed E-state index contributed by atoms with van der Waals surface area (Å²) in [5, 5.41) is 3.09. The average molecular weight is 313 g/mol. The van der Waals surface area contributed by atoms with E-state index in [1.807, 2.05) is 32.0 Å². The molecule has 1 heterocycles. The molecule has 1 aromatic carbocycles. The third kappa shape index (κ3) is 3.95. The summed E-state index contributed by atoms with van der Waals surface area (Å²) in [6.45, 7) is 4.47. The number of carbonyl (C=O) groups excluding carboxylic acids is 1. The van der Waals surface area contributed by atoms with Crippen LogP contribution >= 0.6 is 0 Å². The van der Waals surface area contributed by atoms with Crippen molar-refractivity contribution in [3.05, 3.63) is 53.0 Å². The van der Waals surface area contributed by atoms with Crippen LogP contribution in [0.5, 0.6) is 5.75 Å². The Kier molecular flexibility index (Phi) is 4.70. The number of rotatable bonds is 5. The zero-order valence-corrected chi connectivity index (χ0v) is 13.7. The predicted octanol–water partition coefficient (Wildman–Crippen LogP) is 3.86. The summed E-state index contributed by atoms with van der Waals surface area (Å²) in [5.74, 6) is 1.85. The summed E-state index contributed by atoms with van der Waals surface area (Å²) >= 11 is 0. The maximum atomic E-state index is 12.1. The smallest absolute Gasteiger partial charge is 0.223 e. The second-order valence-corrected chi connectivity index (χ2v) is 6.23. The van der Waals surface area contributed by atoms with E-state index in [-0.39, 0.29) is 11.9 Å². The highest BCUT2D eigenvalue weighted by Gasteiger charge is 2.23. The third-order valence-corrected chi connectivity index (χ3v) is 4.18. The van der Waals surface area contributed by atoms with Gasteiger partial charge in [-0.25, -0.2) is 0 Å². The number of ether oxygens (including phenoxy) is 1. The molecule has 0 saturated heterocycles. The molecule has 0 spiro atoms. The first-order chi connectivity index (χ1) is 11.1. The molecule has 4 heteroatoms. The van der Waals surface area contributed by atoms with Crippen LogP contribution in [-0.4, -0.2) is 12.5 Å². The van der Waals surface area contributed by atoms with Gasteiger partial charge in [-0.15, -0.1) is 0 Å². The highest BCUT2D eigenvalue weighted by molar-refractivity contribution is 5.76. The van der Waals surface area contributed by atoms with Crippen LogP contribution in [-0.2, 0) is 11.2 Å². The maximum Gasteiger partial charge on any atom is 0.223 e.